The first-order valence-electron chi connectivity index (χ1n) is 4.49. The van der Waals surface area contributed by atoms with Gasteiger partial charge in [0.1, 0.15) is 0 Å². The van der Waals surface area contributed by atoms with Crippen LogP contribution in [0, 0.1) is 0 Å². The smallest absolute Gasteiger partial charge is 0.0892 e. The summed E-state index contributed by atoms with van der Waals surface area (Å²) in [6.07, 6.45) is 5.07. The Balaban J connectivity index is 3.07. The minimum Gasteiger partial charge on any atom is -0.226 e. The first-order chi connectivity index (χ1) is 5.41. The lowest BCUT2D eigenvalue weighted by Gasteiger charge is -1.91. The molecule has 0 aromatic carbocycles. The molecule has 0 unspecified atom stereocenters. The summed E-state index contributed by atoms with van der Waals surface area (Å²) in [7, 11) is 0. The number of unbranched alkanes of at least 4 members (excludes halogenated alkanes) is 3. The summed E-state index contributed by atoms with van der Waals surface area (Å²) in [5.74, 6) is 0. The Bertz CT molecular complexity index is 124. The van der Waals surface area contributed by atoms with Gasteiger partial charge in [-0.05, 0) is 13.3 Å². The van der Waals surface area contributed by atoms with Crippen LogP contribution in [0.3, 0.4) is 0 Å². The van der Waals surface area contributed by atoms with Gasteiger partial charge in [0, 0.05) is 13.1 Å². The average Bonchev–Trinajstić information content (AvgIpc) is 2.03. The van der Waals surface area contributed by atoms with E-state index in [0.29, 0.717) is 0 Å². The number of aliphatic imine (C=N–C) groups is 2. The van der Waals surface area contributed by atoms with Crippen LogP contribution in [0.15, 0.2) is 9.98 Å². The molecule has 2 heteroatoms. The summed E-state index contributed by atoms with van der Waals surface area (Å²) >= 11 is 0. The van der Waals surface area contributed by atoms with Crippen LogP contribution in [0.4, 0.5) is 0 Å². The molecule has 64 valence electrons. The molecule has 0 saturated heterocycles. The Hall–Kier alpha value is -0.620. The molecule has 0 saturated carbocycles. The largest absolute Gasteiger partial charge is 0.226 e. The predicted octanol–water partition coefficient (Wildman–Crippen LogP) is 2.76. The minimum absolute atomic E-state index is 0.790. The van der Waals surface area contributed by atoms with E-state index in [-0.39, 0.29) is 0 Å². The zero-order valence-electron chi connectivity index (χ0n) is 7.64. The number of nitrogens with zero attached hydrogens (tertiary/aromatic N) is 2. The van der Waals surface area contributed by atoms with Crippen LogP contribution < -0.4 is 0 Å². The van der Waals surface area contributed by atoms with Crippen LogP contribution in [0.5, 0.6) is 0 Å². The maximum atomic E-state index is 4.02. The first-order valence-corrected chi connectivity index (χ1v) is 4.49. The molecule has 11 heavy (non-hydrogen) atoms. The highest BCUT2D eigenvalue weighted by Crippen LogP contribution is 1.97. The van der Waals surface area contributed by atoms with Crippen molar-refractivity contribution in [1.29, 1.82) is 0 Å². The van der Waals surface area contributed by atoms with Crippen LogP contribution in [0.1, 0.15) is 39.5 Å². The Morgan fingerprint density at radius 2 is 1.82 bits per heavy atom. The molecular formula is C9H18N2. The van der Waals surface area contributed by atoms with Gasteiger partial charge >= 0.3 is 0 Å². The predicted molar refractivity (Wildman–Crippen MR) is 49.4 cm³/mol. The summed E-state index contributed by atoms with van der Waals surface area (Å²) in [5, 5.41) is 0. The quantitative estimate of drug-likeness (QED) is 0.415. The molecule has 0 aliphatic rings. The van der Waals surface area contributed by atoms with Gasteiger partial charge in [0.15, 0.2) is 0 Å². The highest BCUT2D eigenvalue weighted by Gasteiger charge is 1.83. The summed E-state index contributed by atoms with van der Waals surface area (Å²) in [5.41, 5.74) is 0. The van der Waals surface area contributed by atoms with E-state index < -0.39 is 0 Å². The lowest BCUT2D eigenvalue weighted by molar-refractivity contribution is 0.676. The van der Waals surface area contributed by atoms with Crippen LogP contribution in [-0.4, -0.2) is 19.1 Å². The average molecular weight is 154 g/mol. The fraction of sp³-hybridized carbons (Fsp3) is 0.889. The first kappa shape index (κ1) is 10.4. The zero-order chi connectivity index (χ0) is 8.36. The van der Waals surface area contributed by atoms with Crippen LogP contribution in [-0.2, 0) is 0 Å². The highest BCUT2D eigenvalue weighted by molar-refractivity contribution is 5.40. The van der Waals surface area contributed by atoms with Crippen molar-refractivity contribution in [2.75, 3.05) is 13.1 Å². The van der Waals surface area contributed by atoms with Gasteiger partial charge in [-0.1, -0.05) is 26.2 Å². The monoisotopic (exact) mass is 154 g/mol. The third kappa shape index (κ3) is 9.38. The molecule has 0 heterocycles. The van der Waals surface area contributed by atoms with Gasteiger partial charge in [0.2, 0.25) is 0 Å². The second kappa shape index (κ2) is 9.38. The molecule has 0 aliphatic heterocycles. The molecule has 0 fully saturated rings. The summed E-state index contributed by atoms with van der Waals surface area (Å²) < 4.78 is 0. The van der Waals surface area contributed by atoms with E-state index in [0.717, 1.165) is 13.1 Å². The molecular weight excluding hydrogens is 136 g/mol. The lowest BCUT2D eigenvalue weighted by atomic mass is 10.2. The van der Waals surface area contributed by atoms with E-state index in [2.05, 4.69) is 22.9 Å². The molecule has 0 atom stereocenters. The van der Waals surface area contributed by atoms with Crippen molar-refractivity contribution in [2.24, 2.45) is 9.98 Å². The van der Waals surface area contributed by atoms with Gasteiger partial charge in [-0.25, -0.2) is 9.98 Å². The fourth-order valence-corrected chi connectivity index (χ4v) is 0.788. The van der Waals surface area contributed by atoms with Crippen molar-refractivity contribution in [3.63, 3.8) is 0 Å². The van der Waals surface area contributed by atoms with Gasteiger partial charge in [0.25, 0.3) is 0 Å². The van der Waals surface area contributed by atoms with Crippen molar-refractivity contribution in [3.8, 4) is 0 Å². The zero-order valence-corrected chi connectivity index (χ0v) is 7.64. The molecule has 0 aromatic rings. The fourth-order valence-electron chi connectivity index (χ4n) is 0.788. The van der Waals surface area contributed by atoms with E-state index in [1.165, 1.54) is 25.7 Å². The third-order valence-electron chi connectivity index (χ3n) is 1.42. The standard InChI is InChI=1S/C9H18N2/c1-3-5-6-7-8-11-9-10-4-2/h3-8H2,1-2H3. The van der Waals surface area contributed by atoms with E-state index in [9.17, 15) is 0 Å². The van der Waals surface area contributed by atoms with Crippen LogP contribution in [0.2, 0.25) is 0 Å². The molecule has 0 bridgehead atoms. The Morgan fingerprint density at radius 1 is 1.00 bits per heavy atom. The van der Waals surface area contributed by atoms with Gasteiger partial charge in [-0.2, -0.15) is 0 Å². The number of hydrogen-bond acceptors (Lipinski definition) is 2. The highest BCUT2D eigenvalue weighted by atomic mass is 14.8. The Morgan fingerprint density at radius 3 is 2.45 bits per heavy atom. The van der Waals surface area contributed by atoms with Crippen molar-refractivity contribution in [2.45, 2.75) is 39.5 Å². The van der Waals surface area contributed by atoms with Crippen LogP contribution in [0.25, 0.3) is 0 Å². The number of hydrogen-bond donors (Lipinski definition) is 0. The van der Waals surface area contributed by atoms with E-state index in [1.54, 1.807) is 0 Å². The molecule has 0 spiro atoms. The van der Waals surface area contributed by atoms with Crippen molar-refractivity contribution < 1.29 is 0 Å². The van der Waals surface area contributed by atoms with Gasteiger partial charge in [0.05, 0.1) is 6.01 Å². The second-order valence-electron chi connectivity index (χ2n) is 2.52. The minimum atomic E-state index is 0.790. The van der Waals surface area contributed by atoms with Gasteiger partial charge in [-0.3, -0.25) is 0 Å². The van der Waals surface area contributed by atoms with Gasteiger partial charge < -0.3 is 0 Å². The number of rotatable bonds is 6. The summed E-state index contributed by atoms with van der Waals surface area (Å²) in [4.78, 5) is 7.89. The molecule has 0 aromatic heterocycles. The van der Waals surface area contributed by atoms with Crippen molar-refractivity contribution in [1.82, 2.24) is 0 Å². The maximum absolute atomic E-state index is 4.02. The van der Waals surface area contributed by atoms with Crippen molar-refractivity contribution >= 4 is 6.01 Å². The molecule has 0 amide bonds. The lowest BCUT2D eigenvalue weighted by Crippen LogP contribution is -1.80. The summed E-state index contributed by atoms with van der Waals surface area (Å²) in [6.45, 7) is 5.88. The normalized spacial score (nSPS) is 8.91. The topological polar surface area (TPSA) is 24.7 Å². The van der Waals surface area contributed by atoms with Gasteiger partial charge in [-0.15, -0.1) is 0 Å². The molecule has 2 nitrogen and oxygen atoms in total. The SMILES string of the molecule is CCCCCCN=C=NCC. The maximum Gasteiger partial charge on any atom is 0.0892 e. The van der Waals surface area contributed by atoms with E-state index >= 15 is 0 Å². The molecule has 0 radical (unpaired) electrons. The van der Waals surface area contributed by atoms with E-state index in [1.807, 2.05) is 6.92 Å². The molecule has 0 aliphatic carbocycles. The van der Waals surface area contributed by atoms with Crippen molar-refractivity contribution in [3.05, 3.63) is 0 Å². The Labute approximate surface area is 69.4 Å². The molecule has 0 rings (SSSR count). The summed E-state index contributed by atoms with van der Waals surface area (Å²) in [6, 6.07) is 2.66. The Kier molecular flexibility index (Phi) is 8.85. The van der Waals surface area contributed by atoms with E-state index in [4.69, 9.17) is 0 Å². The molecule has 0 N–H and O–H groups in total. The van der Waals surface area contributed by atoms with Crippen LogP contribution >= 0.6 is 0 Å². The third-order valence-corrected chi connectivity index (χ3v) is 1.42. The second-order valence-corrected chi connectivity index (χ2v) is 2.52.